The Balaban J connectivity index is -0.0000000456. The molecule has 1 radical (unpaired) electrons. The van der Waals surface area contributed by atoms with Gasteiger partial charge in [0.1, 0.15) is 9.84 Å². The Morgan fingerprint density at radius 2 is 0.893 bits per heavy atom. The molecule has 2 aliphatic carbocycles. The quantitative estimate of drug-likeness (QED) is 0.227. The topological polar surface area (TPSA) is 110 Å². The molecule has 10 heteroatoms. The molecule has 0 aliphatic heterocycles. The van der Waals surface area contributed by atoms with Gasteiger partial charge >= 0.3 is 44.6 Å². The summed E-state index contributed by atoms with van der Waals surface area (Å²) in [4.78, 5) is 19.0. The van der Waals surface area contributed by atoms with Crippen LogP contribution in [0, 0.1) is 20.8 Å². The molecule has 0 fully saturated rings. The fourth-order valence-electron chi connectivity index (χ4n) is 3.52. The number of hydrogen-bond donors (Lipinski definition) is 2. The van der Waals surface area contributed by atoms with Crippen molar-refractivity contribution >= 4 is 21.8 Å². The number of ether oxygens (including phenoxy) is 1. The third-order valence-corrected chi connectivity index (χ3v) is 6.69. The predicted octanol–water partition coefficient (Wildman–Crippen LogP) is 12.7. The molecule has 56 heavy (non-hydrogen) atoms. The van der Waals surface area contributed by atoms with Crippen LogP contribution in [0.15, 0.2) is 48.5 Å². The molecule has 7 nitrogen and oxygen atoms in total. The van der Waals surface area contributed by atoms with Crippen molar-refractivity contribution in [2.75, 3.05) is 32.2 Å². The van der Waals surface area contributed by atoms with Crippen molar-refractivity contribution in [3.8, 4) is 0 Å². The molecular formula is C46H92NO6SY2. The molecule has 2 aromatic rings. The standard InChI is InChI=1S/2C9H10.C4H9N.C4H10O2S.2C3H6O2.6C2H6.C2H5.2Y/c2*1-2-5-9-7-3-6-8(9)4-1;1-3-5-4-2;1-3-4-7(2,5)6;1-3(4)5-2;1-2-3(4)5;7*1-2;;/h2*1-2,4-5H,3,6-7H2;5H,1-4H2;3-4H2,1-2H3;1-2H3;2H2,1H3,(H,4,5);6*1-2H3;1H2,2H3;;/q;;-2;;;;;;;;;;-1;;+3. The van der Waals surface area contributed by atoms with Gasteiger partial charge in [0.05, 0.1) is 7.11 Å². The van der Waals surface area contributed by atoms with Crippen LogP contribution in [0.25, 0.3) is 0 Å². The second-order valence-electron chi connectivity index (χ2n) is 9.07. The van der Waals surface area contributed by atoms with Crippen molar-refractivity contribution in [3.05, 3.63) is 91.6 Å². The number of aryl methyl sites for hydroxylation is 4. The molecule has 0 atom stereocenters. The molecular weight excluding hydrogens is 872 g/mol. The minimum atomic E-state index is -2.67. The summed E-state index contributed by atoms with van der Waals surface area (Å²) in [7, 11) is -1.32. The van der Waals surface area contributed by atoms with E-state index in [0.29, 0.717) is 5.75 Å². The van der Waals surface area contributed by atoms with E-state index in [4.69, 9.17) is 5.11 Å². The van der Waals surface area contributed by atoms with E-state index in [-0.39, 0.29) is 77.8 Å². The zero-order chi connectivity index (χ0) is 44.8. The Morgan fingerprint density at radius 1 is 0.679 bits per heavy atom. The van der Waals surface area contributed by atoms with Crippen molar-refractivity contribution in [1.29, 1.82) is 0 Å². The Kier molecular flexibility index (Phi) is 117. The third-order valence-electron chi connectivity index (χ3n) is 5.54. The van der Waals surface area contributed by atoms with Gasteiger partial charge in [0, 0.05) is 58.1 Å². The van der Waals surface area contributed by atoms with E-state index in [9.17, 15) is 18.0 Å². The molecule has 0 saturated carbocycles. The normalized spacial score (nSPS) is 9.23. The maximum absolute atomic E-state index is 10.2. The number of fused-ring (bicyclic) bond motifs is 2. The average Bonchev–Trinajstić information content (AvgIpc) is 3.92. The van der Waals surface area contributed by atoms with Crippen LogP contribution in [-0.2, 0) is 115 Å². The maximum Gasteiger partial charge on any atom is 3.00 e. The number of carbonyl (C=O) groups is 2. The predicted molar refractivity (Wildman–Crippen MR) is 245 cm³/mol. The first-order valence-electron chi connectivity index (χ1n) is 20.5. The molecule has 4 rings (SSSR count). The molecule has 0 saturated heterocycles. The number of hydrogen-bond acceptors (Lipinski definition) is 6. The number of benzene rings is 2. The van der Waals surface area contributed by atoms with Gasteiger partial charge in [0.15, 0.2) is 0 Å². The van der Waals surface area contributed by atoms with Gasteiger partial charge in [-0.25, -0.2) is 8.42 Å². The number of nitrogens with one attached hydrogen (secondary N) is 1. The van der Waals surface area contributed by atoms with Crippen molar-refractivity contribution in [3.63, 3.8) is 0 Å². The Morgan fingerprint density at radius 3 is 0.982 bits per heavy atom. The molecule has 329 valence electrons. The van der Waals surface area contributed by atoms with Crippen molar-refractivity contribution in [1.82, 2.24) is 5.32 Å². The smallest absolute Gasteiger partial charge is 0.481 e. The second kappa shape index (κ2) is 78.8. The van der Waals surface area contributed by atoms with Gasteiger partial charge in [-0.2, -0.15) is 6.92 Å². The molecule has 0 unspecified atom stereocenters. The first-order valence-corrected chi connectivity index (χ1v) is 22.6. The fourth-order valence-corrected chi connectivity index (χ4v) is 4.27. The van der Waals surface area contributed by atoms with Crippen molar-refractivity contribution in [2.24, 2.45) is 0 Å². The Bertz CT molecular complexity index is 942. The van der Waals surface area contributed by atoms with Crippen LogP contribution in [-0.4, -0.2) is 57.7 Å². The van der Waals surface area contributed by atoms with Gasteiger partial charge in [-0.3, -0.25) is 9.59 Å². The van der Waals surface area contributed by atoms with Crippen LogP contribution in [0.3, 0.4) is 0 Å². The zero-order valence-electron chi connectivity index (χ0n) is 40.1. The minimum Gasteiger partial charge on any atom is -0.481 e. The number of esters is 1. The Labute approximate surface area is 402 Å². The first kappa shape index (κ1) is 83.2. The number of carboxylic acids is 1. The van der Waals surface area contributed by atoms with Crippen molar-refractivity contribution in [2.45, 2.75) is 162 Å². The van der Waals surface area contributed by atoms with Crippen LogP contribution >= 0.6 is 0 Å². The number of carboxylic acid groups (broad SMARTS) is 1. The molecule has 0 aromatic heterocycles. The minimum absolute atomic E-state index is 0. The van der Waals surface area contributed by atoms with Gasteiger partial charge < -0.3 is 35.9 Å². The van der Waals surface area contributed by atoms with Gasteiger partial charge in [-0.15, -0.1) is 13.1 Å². The van der Waals surface area contributed by atoms with Crippen LogP contribution in [0.4, 0.5) is 0 Å². The van der Waals surface area contributed by atoms with E-state index in [1.807, 2.05) is 90.0 Å². The van der Waals surface area contributed by atoms with E-state index < -0.39 is 15.8 Å². The monoisotopic (exact) mass is 964 g/mol. The molecule has 0 spiro atoms. The summed E-state index contributed by atoms with van der Waals surface area (Å²) in [6.07, 6.45) is 10.1. The molecule has 2 N–H and O–H groups in total. The van der Waals surface area contributed by atoms with Gasteiger partial charge in [0.25, 0.3) is 0 Å². The fraction of sp³-hybridized carbons (Fsp3) is 0.630. The summed E-state index contributed by atoms with van der Waals surface area (Å²) in [6, 6.07) is 17.5. The number of rotatable bonds is 5. The average molecular weight is 965 g/mol. The van der Waals surface area contributed by atoms with Gasteiger partial charge in [-0.05, 0) is 67.2 Å². The number of aliphatic carboxylic acids is 1. The summed E-state index contributed by atoms with van der Waals surface area (Å²) in [5, 5.41) is 10.6. The SMILES string of the molecule is CC.CC.CC.CC.CC.CC.CCC(=O)O.CCCS(C)(=O)=O.COC(C)=O.[CH2-]C.[CH2-]CNC[CH2-].[Y+3].[Y].c1ccc2c(c1)CCC2.c1ccc2c(c1)CCC2. The number of carbonyl (C=O) groups excluding carboxylic acids is 1. The number of methoxy groups -OCH3 is 1. The van der Waals surface area contributed by atoms with Crippen LogP contribution in [0.1, 0.15) is 159 Å². The van der Waals surface area contributed by atoms with E-state index in [2.05, 4.69) is 79.4 Å². The first-order chi connectivity index (χ1) is 25.9. The van der Waals surface area contributed by atoms with Crippen molar-refractivity contribution < 1.29 is 93.3 Å². The molecule has 2 aliphatic rings. The van der Waals surface area contributed by atoms with Crippen LogP contribution in [0.5, 0.6) is 0 Å². The molecule has 0 heterocycles. The maximum atomic E-state index is 10.2. The van der Waals surface area contributed by atoms with Gasteiger partial charge in [0.2, 0.25) is 0 Å². The molecule has 0 bridgehead atoms. The third kappa shape index (κ3) is 77.9. The second-order valence-corrected chi connectivity index (χ2v) is 11.3. The zero-order valence-corrected chi connectivity index (χ0v) is 46.6. The summed E-state index contributed by atoms with van der Waals surface area (Å²) in [6.45, 7) is 42.4. The summed E-state index contributed by atoms with van der Waals surface area (Å²) in [5.41, 5.74) is 6.27. The number of sulfone groups is 1. The molecule has 2 aromatic carbocycles. The van der Waals surface area contributed by atoms with Gasteiger partial charge in [-0.1, -0.05) is 145 Å². The Hall–Kier alpha value is -0.502. The van der Waals surface area contributed by atoms with Crippen LogP contribution < -0.4 is 5.32 Å². The van der Waals surface area contributed by atoms with E-state index in [0.717, 1.165) is 19.5 Å². The molecule has 0 amide bonds. The van der Waals surface area contributed by atoms with E-state index >= 15 is 0 Å². The summed E-state index contributed by atoms with van der Waals surface area (Å²) >= 11 is 0. The largest absolute Gasteiger partial charge is 3.00 e. The van der Waals surface area contributed by atoms with E-state index in [1.54, 1.807) is 36.1 Å². The summed E-state index contributed by atoms with van der Waals surface area (Å²) in [5.74, 6) is -0.678. The summed E-state index contributed by atoms with van der Waals surface area (Å²) < 4.78 is 24.6. The van der Waals surface area contributed by atoms with Crippen LogP contribution in [0.2, 0.25) is 0 Å². The van der Waals surface area contributed by atoms with E-state index in [1.165, 1.54) is 58.8 Å².